The highest BCUT2D eigenvalue weighted by molar-refractivity contribution is 14.1. The molecule has 0 saturated carbocycles. The first-order chi connectivity index (χ1) is 12.2. The van der Waals surface area contributed by atoms with Crippen molar-refractivity contribution >= 4 is 45.9 Å². The third-order valence-corrected chi connectivity index (χ3v) is 5.35. The molecule has 0 saturated heterocycles. The Labute approximate surface area is 163 Å². The number of nitrogens with zero attached hydrogens (tertiary/aromatic N) is 2. The topological polar surface area (TPSA) is 56.2 Å². The van der Waals surface area contributed by atoms with E-state index in [4.69, 9.17) is 4.74 Å². The van der Waals surface area contributed by atoms with Crippen LogP contribution in [0.4, 0.5) is 5.69 Å². The first kappa shape index (κ1) is 17.8. The summed E-state index contributed by atoms with van der Waals surface area (Å²) in [6.45, 7) is 0. The SMILES string of the molecule is COc1ccc(-n2ccnc2SCC(=O)Nc2ccccc2I)cc1. The predicted octanol–water partition coefficient (Wildman–Crippen LogP) is 4.22. The summed E-state index contributed by atoms with van der Waals surface area (Å²) in [6.07, 6.45) is 3.60. The molecule has 25 heavy (non-hydrogen) atoms. The summed E-state index contributed by atoms with van der Waals surface area (Å²) < 4.78 is 8.14. The highest BCUT2D eigenvalue weighted by atomic mass is 127. The molecular weight excluding hydrogens is 449 g/mol. The number of carbonyl (C=O) groups excluding carboxylic acids is 1. The number of amides is 1. The van der Waals surface area contributed by atoms with Gasteiger partial charge in [0, 0.05) is 21.7 Å². The van der Waals surface area contributed by atoms with Crippen molar-refractivity contribution < 1.29 is 9.53 Å². The molecular formula is C18H16IN3O2S. The maximum Gasteiger partial charge on any atom is 0.234 e. The molecule has 0 aliphatic rings. The van der Waals surface area contributed by atoms with Gasteiger partial charge in [0.05, 0.1) is 18.6 Å². The van der Waals surface area contributed by atoms with Gasteiger partial charge in [0.1, 0.15) is 5.75 Å². The minimum Gasteiger partial charge on any atom is -0.497 e. The molecule has 1 heterocycles. The number of imidazole rings is 1. The number of hydrogen-bond donors (Lipinski definition) is 1. The van der Waals surface area contributed by atoms with Crippen LogP contribution >= 0.6 is 34.4 Å². The second-order valence-electron chi connectivity index (χ2n) is 5.09. The van der Waals surface area contributed by atoms with Gasteiger partial charge in [0.15, 0.2) is 5.16 Å². The van der Waals surface area contributed by atoms with E-state index >= 15 is 0 Å². The molecule has 0 aliphatic carbocycles. The summed E-state index contributed by atoms with van der Waals surface area (Å²) in [7, 11) is 1.64. The minimum atomic E-state index is -0.0570. The molecule has 1 N–H and O–H groups in total. The summed E-state index contributed by atoms with van der Waals surface area (Å²) >= 11 is 3.60. The molecule has 0 bridgehead atoms. The van der Waals surface area contributed by atoms with Gasteiger partial charge < -0.3 is 10.1 Å². The monoisotopic (exact) mass is 465 g/mol. The second-order valence-corrected chi connectivity index (χ2v) is 7.20. The maximum atomic E-state index is 12.2. The van der Waals surface area contributed by atoms with Crippen molar-refractivity contribution in [3.05, 3.63) is 64.5 Å². The van der Waals surface area contributed by atoms with E-state index in [1.807, 2.05) is 59.3 Å². The zero-order valence-corrected chi connectivity index (χ0v) is 16.5. The van der Waals surface area contributed by atoms with E-state index < -0.39 is 0 Å². The van der Waals surface area contributed by atoms with Crippen LogP contribution in [0.3, 0.4) is 0 Å². The Morgan fingerprint density at radius 2 is 2.00 bits per heavy atom. The van der Waals surface area contributed by atoms with Crippen molar-refractivity contribution in [3.8, 4) is 11.4 Å². The number of halogens is 1. The summed E-state index contributed by atoms with van der Waals surface area (Å²) in [4.78, 5) is 16.5. The van der Waals surface area contributed by atoms with Gasteiger partial charge in [0.2, 0.25) is 5.91 Å². The van der Waals surface area contributed by atoms with Crippen LogP contribution in [0, 0.1) is 3.57 Å². The second kappa shape index (κ2) is 8.39. The van der Waals surface area contributed by atoms with Crippen molar-refractivity contribution in [2.45, 2.75) is 5.16 Å². The largest absolute Gasteiger partial charge is 0.497 e. The molecule has 0 fully saturated rings. The molecule has 0 unspecified atom stereocenters. The fraction of sp³-hybridized carbons (Fsp3) is 0.111. The number of anilines is 1. The Bertz CT molecular complexity index is 865. The Morgan fingerprint density at radius 1 is 1.24 bits per heavy atom. The number of thioether (sulfide) groups is 1. The standard InChI is InChI=1S/C18H16IN3O2S/c1-24-14-8-6-13(7-9-14)22-11-10-20-18(22)25-12-17(23)21-16-5-3-2-4-15(16)19/h2-11H,12H2,1H3,(H,21,23). The molecule has 1 aromatic heterocycles. The lowest BCUT2D eigenvalue weighted by Gasteiger charge is -2.09. The van der Waals surface area contributed by atoms with E-state index in [2.05, 4.69) is 32.9 Å². The van der Waals surface area contributed by atoms with Crippen LogP contribution in [0.5, 0.6) is 5.75 Å². The number of rotatable bonds is 6. The first-order valence-electron chi connectivity index (χ1n) is 7.52. The number of hydrogen-bond acceptors (Lipinski definition) is 4. The van der Waals surface area contributed by atoms with Gasteiger partial charge >= 0.3 is 0 Å². The van der Waals surface area contributed by atoms with Crippen LogP contribution < -0.4 is 10.1 Å². The minimum absolute atomic E-state index is 0.0570. The van der Waals surface area contributed by atoms with E-state index in [0.717, 1.165) is 25.9 Å². The van der Waals surface area contributed by atoms with Crippen molar-refractivity contribution in [1.29, 1.82) is 0 Å². The lowest BCUT2D eigenvalue weighted by molar-refractivity contribution is -0.113. The van der Waals surface area contributed by atoms with Crippen molar-refractivity contribution in [3.63, 3.8) is 0 Å². The molecule has 7 heteroatoms. The highest BCUT2D eigenvalue weighted by Gasteiger charge is 2.10. The average molecular weight is 465 g/mol. The molecule has 1 amide bonds. The van der Waals surface area contributed by atoms with E-state index in [1.165, 1.54) is 11.8 Å². The van der Waals surface area contributed by atoms with Gasteiger partial charge in [-0.05, 0) is 59.0 Å². The van der Waals surface area contributed by atoms with Crippen LogP contribution in [-0.4, -0.2) is 28.3 Å². The predicted molar refractivity (Wildman–Crippen MR) is 109 cm³/mol. The number of carbonyl (C=O) groups is 1. The smallest absolute Gasteiger partial charge is 0.234 e. The van der Waals surface area contributed by atoms with E-state index in [1.54, 1.807) is 13.3 Å². The van der Waals surface area contributed by atoms with Crippen LogP contribution in [-0.2, 0) is 4.79 Å². The molecule has 2 aromatic carbocycles. The van der Waals surface area contributed by atoms with E-state index in [9.17, 15) is 4.79 Å². The Morgan fingerprint density at radius 3 is 2.72 bits per heavy atom. The summed E-state index contributed by atoms with van der Waals surface area (Å²) in [5.41, 5.74) is 1.80. The molecule has 0 radical (unpaired) electrons. The summed E-state index contributed by atoms with van der Waals surface area (Å²) in [5.74, 6) is 1.03. The Balaban J connectivity index is 1.65. The number of nitrogens with one attached hydrogen (secondary N) is 1. The molecule has 3 aromatic rings. The molecule has 0 aliphatic heterocycles. The zero-order chi connectivity index (χ0) is 17.6. The van der Waals surface area contributed by atoms with Crippen molar-refractivity contribution in [2.24, 2.45) is 0 Å². The van der Waals surface area contributed by atoms with Crippen LogP contribution in [0.2, 0.25) is 0 Å². The quantitative estimate of drug-likeness (QED) is 0.438. The van der Waals surface area contributed by atoms with Crippen LogP contribution in [0.15, 0.2) is 66.1 Å². The summed E-state index contributed by atoms with van der Waals surface area (Å²) in [6, 6.07) is 15.4. The molecule has 0 atom stereocenters. The third-order valence-electron chi connectivity index (χ3n) is 3.44. The maximum absolute atomic E-state index is 12.2. The van der Waals surface area contributed by atoms with Crippen molar-refractivity contribution in [2.75, 3.05) is 18.2 Å². The zero-order valence-electron chi connectivity index (χ0n) is 13.5. The molecule has 5 nitrogen and oxygen atoms in total. The molecule has 128 valence electrons. The van der Waals surface area contributed by atoms with Gasteiger partial charge in [-0.2, -0.15) is 0 Å². The first-order valence-corrected chi connectivity index (χ1v) is 9.59. The van der Waals surface area contributed by atoms with Gasteiger partial charge in [-0.1, -0.05) is 23.9 Å². The highest BCUT2D eigenvalue weighted by Crippen LogP contribution is 2.23. The number of aromatic nitrogens is 2. The number of benzene rings is 2. The fourth-order valence-electron chi connectivity index (χ4n) is 2.21. The van der Waals surface area contributed by atoms with Gasteiger partial charge in [-0.15, -0.1) is 0 Å². The molecule has 0 spiro atoms. The number of para-hydroxylation sites is 1. The number of ether oxygens (including phenoxy) is 1. The Kier molecular flexibility index (Phi) is 5.98. The number of methoxy groups -OCH3 is 1. The van der Waals surface area contributed by atoms with Crippen LogP contribution in [0.25, 0.3) is 5.69 Å². The van der Waals surface area contributed by atoms with Crippen LogP contribution in [0.1, 0.15) is 0 Å². The fourth-order valence-corrected chi connectivity index (χ4v) is 3.51. The third kappa shape index (κ3) is 4.55. The van der Waals surface area contributed by atoms with E-state index in [0.29, 0.717) is 0 Å². The van der Waals surface area contributed by atoms with Gasteiger partial charge in [-0.3, -0.25) is 9.36 Å². The lowest BCUT2D eigenvalue weighted by atomic mass is 10.3. The van der Waals surface area contributed by atoms with Crippen molar-refractivity contribution in [1.82, 2.24) is 9.55 Å². The Hall–Kier alpha value is -2.00. The van der Waals surface area contributed by atoms with Gasteiger partial charge in [0.25, 0.3) is 0 Å². The average Bonchev–Trinajstić information content (AvgIpc) is 3.10. The molecule has 3 rings (SSSR count). The van der Waals surface area contributed by atoms with Gasteiger partial charge in [-0.25, -0.2) is 4.98 Å². The lowest BCUT2D eigenvalue weighted by Crippen LogP contribution is -2.15. The summed E-state index contributed by atoms with van der Waals surface area (Å²) in [5, 5.41) is 3.69. The van der Waals surface area contributed by atoms with E-state index in [-0.39, 0.29) is 11.7 Å². The normalized spacial score (nSPS) is 10.5.